The van der Waals surface area contributed by atoms with Gasteiger partial charge in [0.05, 0.1) is 24.6 Å². The van der Waals surface area contributed by atoms with E-state index < -0.39 is 0 Å². The third-order valence-electron chi connectivity index (χ3n) is 3.23. The molecule has 1 aliphatic rings. The Balaban J connectivity index is 1.97. The number of likely N-dealkylation sites (N-methyl/N-ethyl adjacent to an activating group) is 1. The van der Waals surface area contributed by atoms with Crippen LogP contribution in [0.5, 0.6) is 0 Å². The molecule has 2 heterocycles. The zero-order valence-corrected chi connectivity index (χ0v) is 11.2. The first-order valence-electron chi connectivity index (χ1n) is 5.90. The number of thiazole rings is 1. The van der Waals surface area contributed by atoms with Gasteiger partial charge in [-0.3, -0.25) is 4.79 Å². The van der Waals surface area contributed by atoms with Crippen molar-refractivity contribution in [3.05, 3.63) is 34.2 Å². The van der Waals surface area contributed by atoms with Gasteiger partial charge < -0.3 is 4.90 Å². The van der Waals surface area contributed by atoms with E-state index in [-0.39, 0.29) is 5.91 Å². The van der Waals surface area contributed by atoms with E-state index in [9.17, 15) is 4.79 Å². The summed E-state index contributed by atoms with van der Waals surface area (Å²) in [4.78, 5) is 17.8. The zero-order valence-electron chi connectivity index (χ0n) is 10.4. The zero-order chi connectivity index (χ0) is 13.4. The molecule has 0 fully saturated rings. The largest absolute Gasteiger partial charge is 0.315 e. The van der Waals surface area contributed by atoms with Crippen LogP contribution in [0.15, 0.2) is 23.6 Å². The molecule has 3 rings (SSSR count). The van der Waals surface area contributed by atoms with Gasteiger partial charge in [0.25, 0.3) is 0 Å². The maximum Gasteiger partial charge on any atom is 0.231 e. The Morgan fingerprint density at radius 1 is 1.53 bits per heavy atom. The number of nitrogens with zero attached hydrogens (tertiary/aromatic N) is 3. The molecule has 0 atom stereocenters. The van der Waals surface area contributed by atoms with Gasteiger partial charge in [-0.15, -0.1) is 11.3 Å². The Kier molecular flexibility index (Phi) is 2.80. The van der Waals surface area contributed by atoms with Crippen molar-refractivity contribution in [1.82, 2.24) is 4.98 Å². The first-order chi connectivity index (χ1) is 9.19. The van der Waals surface area contributed by atoms with Crippen LogP contribution >= 0.6 is 11.3 Å². The highest BCUT2D eigenvalue weighted by Gasteiger charge is 2.24. The van der Waals surface area contributed by atoms with Crippen LogP contribution in [0.1, 0.15) is 10.6 Å². The number of rotatable bonds is 2. The van der Waals surface area contributed by atoms with Gasteiger partial charge in [0.2, 0.25) is 5.91 Å². The molecule has 0 radical (unpaired) electrons. The van der Waals surface area contributed by atoms with Crippen molar-refractivity contribution in [3.63, 3.8) is 0 Å². The third kappa shape index (κ3) is 2.00. The second-order valence-corrected chi connectivity index (χ2v) is 5.38. The second kappa shape index (κ2) is 4.48. The molecule has 0 N–H and O–H groups in total. The molecule has 94 valence electrons. The number of aromatic nitrogens is 1. The highest BCUT2D eigenvalue weighted by atomic mass is 32.1. The number of carbonyl (C=O) groups excluding carboxylic acids is 1. The van der Waals surface area contributed by atoms with Crippen LogP contribution in [0, 0.1) is 11.3 Å². The van der Waals surface area contributed by atoms with E-state index in [2.05, 4.69) is 11.1 Å². The standard InChI is InChI=1S/C14H11N3OS/c1-17-12-3-2-9(6-10(12)7-14(17)18)11-8-19-13(16-11)4-5-15/h2-3,6,8H,4,7H2,1H3. The summed E-state index contributed by atoms with van der Waals surface area (Å²) in [6.45, 7) is 0. The maximum absolute atomic E-state index is 11.6. The van der Waals surface area contributed by atoms with Gasteiger partial charge in [-0.05, 0) is 17.7 Å². The van der Waals surface area contributed by atoms with E-state index in [1.807, 2.05) is 23.6 Å². The van der Waals surface area contributed by atoms with Crippen LogP contribution in [-0.4, -0.2) is 17.9 Å². The summed E-state index contributed by atoms with van der Waals surface area (Å²) in [6, 6.07) is 8.04. The molecule has 0 aliphatic carbocycles. The lowest BCUT2D eigenvalue weighted by Gasteiger charge is -2.09. The van der Waals surface area contributed by atoms with Crippen molar-refractivity contribution >= 4 is 22.9 Å². The van der Waals surface area contributed by atoms with Gasteiger partial charge in [0.1, 0.15) is 5.01 Å². The van der Waals surface area contributed by atoms with Gasteiger partial charge in [-0.1, -0.05) is 6.07 Å². The number of hydrogen-bond donors (Lipinski definition) is 0. The second-order valence-electron chi connectivity index (χ2n) is 4.43. The number of anilines is 1. The van der Waals surface area contributed by atoms with Crippen molar-refractivity contribution in [2.45, 2.75) is 12.8 Å². The Bertz CT molecular complexity index is 699. The topological polar surface area (TPSA) is 57.0 Å². The van der Waals surface area contributed by atoms with Crippen LogP contribution < -0.4 is 4.90 Å². The summed E-state index contributed by atoms with van der Waals surface area (Å²) in [5, 5.41) is 11.4. The highest BCUT2D eigenvalue weighted by Crippen LogP contribution is 2.32. The van der Waals surface area contributed by atoms with E-state index in [1.165, 1.54) is 11.3 Å². The Labute approximate surface area is 114 Å². The monoisotopic (exact) mass is 269 g/mol. The van der Waals surface area contributed by atoms with Crippen molar-refractivity contribution in [3.8, 4) is 17.3 Å². The van der Waals surface area contributed by atoms with E-state index in [1.54, 1.807) is 11.9 Å². The predicted octanol–water partition coefficient (Wildman–Crippen LogP) is 2.40. The number of carbonyl (C=O) groups is 1. The first kappa shape index (κ1) is 11.9. The molecule has 0 spiro atoms. The minimum absolute atomic E-state index is 0.121. The van der Waals surface area contributed by atoms with E-state index >= 15 is 0 Å². The smallest absolute Gasteiger partial charge is 0.231 e. The van der Waals surface area contributed by atoms with Crippen LogP contribution in [-0.2, 0) is 17.6 Å². The quantitative estimate of drug-likeness (QED) is 0.841. The molecular weight excluding hydrogens is 258 g/mol. The summed E-state index contributed by atoms with van der Waals surface area (Å²) < 4.78 is 0. The molecule has 0 saturated heterocycles. The number of amides is 1. The summed E-state index contributed by atoms with van der Waals surface area (Å²) in [5.74, 6) is 0.121. The van der Waals surface area contributed by atoms with Gasteiger partial charge in [0.15, 0.2) is 0 Å². The first-order valence-corrected chi connectivity index (χ1v) is 6.78. The molecule has 19 heavy (non-hydrogen) atoms. The Hall–Kier alpha value is -2.19. The van der Waals surface area contributed by atoms with Crippen LogP contribution in [0.25, 0.3) is 11.3 Å². The summed E-state index contributed by atoms with van der Waals surface area (Å²) in [7, 11) is 1.79. The van der Waals surface area contributed by atoms with E-state index in [0.29, 0.717) is 12.8 Å². The van der Waals surface area contributed by atoms with Crippen molar-refractivity contribution in [2.75, 3.05) is 11.9 Å². The average molecular weight is 269 g/mol. The van der Waals surface area contributed by atoms with Crippen molar-refractivity contribution in [2.24, 2.45) is 0 Å². The van der Waals surface area contributed by atoms with Crippen molar-refractivity contribution < 1.29 is 4.79 Å². The molecule has 1 aromatic carbocycles. The van der Waals surface area contributed by atoms with Gasteiger partial charge in [-0.2, -0.15) is 5.26 Å². The third-order valence-corrected chi connectivity index (χ3v) is 4.08. The lowest BCUT2D eigenvalue weighted by atomic mass is 10.1. The number of fused-ring (bicyclic) bond motifs is 1. The number of nitriles is 1. The highest BCUT2D eigenvalue weighted by molar-refractivity contribution is 7.10. The summed E-state index contributed by atoms with van der Waals surface area (Å²) in [6.07, 6.45) is 0.797. The fraction of sp³-hybridized carbons (Fsp3) is 0.214. The molecule has 0 unspecified atom stereocenters. The van der Waals surface area contributed by atoms with Gasteiger partial charge in [0, 0.05) is 23.7 Å². The van der Waals surface area contributed by atoms with E-state index in [4.69, 9.17) is 5.26 Å². The molecular formula is C14H11N3OS. The normalized spacial score (nSPS) is 13.5. The molecule has 0 saturated carbocycles. The Morgan fingerprint density at radius 2 is 2.37 bits per heavy atom. The molecule has 2 aromatic rings. The predicted molar refractivity (Wildman–Crippen MR) is 74.0 cm³/mol. The van der Waals surface area contributed by atoms with Crippen molar-refractivity contribution in [1.29, 1.82) is 5.26 Å². The number of benzene rings is 1. The molecule has 4 nitrogen and oxygen atoms in total. The summed E-state index contributed by atoms with van der Waals surface area (Å²) in [5.41, 5.74) is 3.89. The maximum atomic E-state index is 11.6. The molecule has 1 aliphatic heterocycles. The Morgan fingerprint density at radius 3 is 3.16 bits per heavy atom. The minimum atomic E-state index is 0.121. The fourth-order valence-electron chi connectivity index (χ4n) is 2.22. The van der Waals surface area contributed by atoms with Gasteiger partial charge in [-0.25, -0.2) is 4.98 Å². The lowest BCUT2D eigenvalue weighted by Crippen LogP contribution is -2.20. The lowest BCUT2D eigenvalue weighted by molar-refractivity contribution is -0.117. The molecule has 1 aromatic heterocycles. The van der Waals surface area contributed by atoms with Crippen LogP contribution in [0.2, 0.25) is 0 Å². The van der Waals surface area contributed by atoms with E-state index in [0.717, 1.165) is 27.5 Å². The fourth-order valence-corrected chi connectivity index (χ4v) is 2.96. The van der Waals surface area contributed by atoms with Gasteiger partial charge >= 0.3 is 0 Å². The molecule has 1 amide bonds. The average Bonchev–Trinajstić information content (AvgIpc) is 2.96. The molecule has 0 bridgehead atoms. The van der Waals surface area contributed by atoms with Crippen LogP contribution in [0.4, 0.5) is 5.69 Å². The minimum Gasteiger partial charge on any atom is -0.315 e. The summed E-state index contributed by atoms with van der Waals surface area (Å²) >= 11 is 1.49. The SMILES string of the molecule is CN1C(=O)Cc2cc(-c3csc(CC#N)n3)ccc21. The number of hydrogen-bond acceptors (Lipinski definition) is 4. The van der Waals surface area contributed by atoms with Crippen LogP contribution in [0.3, 0.4) is 0 Å². The molecule has 5 heteroatoms.